The Hall–Kier alpha value is -2.24. The number of amidine groups is 1. The van der Waals surface area contributed by atoms with Crippen molar-refractivity contribution in [3.63, 3.8) is 0 Å². The van der Waals surface area contributed by atoms with Crippen molar-refractivity contribution in [2.75, 3.05) is 5.32 Å². The van der Waals surface area contributed by atoms with Gasteiger partial charge in [0.2, 0.25) is 0 Å². The third-order valence-corrected chi connectivity index (χ3v) is 2.33. The molecule has 6 heteroatoms. The molecule has 0 bridgehead atoms. The Balaban J connectivity index is 2.44. The smallest absolute Gasteiger partial charge is 0.319 e. The highest BCUT2D eigenvalue weighted by molar-refractivity contribution is 5.90. The molecule has 0 aliphatic heterocycles. The Morgan fingerprint density at radius 3 is 2.61 bits per heavy atom. The lowest BCUT2D eigenvalue weighted by Crippen LogP contribution is -2.38. The molecule has 0 saturated heterocycles. The van der Waals surface area contributed by atoms with Crippen LogP contribution in [0.5, 0.6) is 0 Å². The molecule has 2 amide bonds. The van der Waals surface area contributed by atoms with Crippen molar-refractivity contribution in [3.8, 4) is 0 Å². The minimum atomic E-state index is -0.322. The van der Waals surface area contributed by atoms with Gasteiger partial charge in [0.05, 0.1) is 0 Å². The first-order valence-electron chi connectivity index (χ1n) is 5.62. The van der Waals surface area contributed by atoms with Crippen LogP contribution in [0, 0.1) is 6.92 Å². The normalized spacial score (nSPS) is 12.9. The van der Waals surface area contributed by atoms with Crippen LogP contribution in [0.4, 0.5) is 10.5 Å². The summed E-state index contributed by atoms with van der Waals surface area (Å²) in [6.45, 7) is 3.75. The van der Waals surface area contributed by atoms with Crippen LogP contribution >= 0.6 is 0 Å². The Kier molecular flexibility index (Phi) is 4.98. The lowest BCUT2D eigenvalue weighted by Gasteiger charge is -2.13. The standard InChI is InChI=1S/C12H18N4O2/c1-8-3-5-10(6-4-8)15-12(17)14-9(2)7-11(13)16-18/h3-6,9,18H,7H2,1-2H3,(H2,13,16)(H2,14,15,17). The molecular formula is C12H18N4O2. The SMILES string of the molecule is Cc1ccc(NC(=O)NC(C)CC(N)=NO)cc1. The number of nitrogens with zero attached hydrogens (tertiary/aromatic N) is 1. The summed E-state index contributed by atoms with van der Waals surface area (Å²) in [7, 11) is 0. The highest BCUT2D eigenvalue weighted by Crippen LogP contribution is 2.08. The fourth-order valence-electron chi connectivity index (χ4n) is 1.43. The Bertz CT molecular complexity index is 428. The number of anilines is 1. The number of carbonyl (C=O) groups is 1. The third kappa shape index (κ3) is 4.73. The predicted molar refractivity (Wildman–Crippen MR) is 70.8 cm³/mol. The number of carbonyl (C=O) groups excluding carboxylic acids is 1. The molecule has 0 radical (unpaired) electrons. The van der Waals surface area contributed by atoms with Gasteiger partial charge >= 0.3 is 6.03 Å². The van der Waals surface area contributed by atoms with Gasteiger partial charge in [-0.05, 0) is 26.0 Å². The van der Waals surface area contributed by atoms with Crippen molar-refractivity contribution in [2.45, 2.75) is 26.3 Å². The first kappa shape index (κ1) is 13.8. The van der Waals surface area contributed by atoms with E-state index in [4.69, 9.17) is 10.9 Å². The van der Waals surface area contributed by atoms with Crippen molar-refractivity contribution in [3.05, 3.63) is 29.8 Å². The number of rotatable bonds is 4. The van der Waals surface area contributed by atoms with E-state index in [0.717, 1.165) is 5.56 Å². The van der Waals surface area contributed by atoms with Crippen LogP contribution in [0.3, 0.4) is 0 Å². The van der Waals surface area contributed by atoms with Crippen molar-refractivity contribution in [2.24, 2.45) is 10.9 Å². The molecule has 0 fully saturated rings. The monoisotopic (exact) mass is 250 g/mol. The summed E-state index contributed by atoms with van der Waals surface area (Å²) in [5.41, 5.74) is 7.19. The molecule has 1 aromatic rings. The number of hydrogen-bond donors (Lipinski definition) is 4. The third-order valence-electron chi connectivity index (χ3n) is 2.33. The van der Waals surface area contributed by atoms with Crippen LogP contribution in [-0.4, -0.2) is 23.1 Å². The van der Waals surface area contributed by atoms with Gasteiger partial charge in [0, 0.05) is 18.2 Å². The van der Waals surface area contributed by atoms with Crippen molar-refractivity contribution in [1.82, 2.24) is 5.32 Å². The Morgan fingerprint density at radius 1 is 1.44 bits per heavy atom. The lowest BCUT2D eigenvalue weighted by atomic mass is 10.2. The van der Waals surface area contributed by atoms with E-state index < -0.39 is 0 Å². The number of oxime groups is 1. The first-order chi connectivity index (χ1) is 8.51. The molecule has 0 saturated carbocycles. The zero-order valence-corrected chi connectivity index (χ0v) is 10.5. The predicted octanol–water partition coefficient (Wildman–Crippen LogP) is 1.64. The lowest BCUT2D eigenvalue weighted by molar-refractivity contribution is 0.249. The quantitative estimate of drug-likeness (QED) is 0.283. The van der Waals surface area contributed by atoms with Gasteiger partial charge in [0.25, 0.3) is 0 Å². The van der Waals surface area contributed by atoms with E-state index >= 15 is 0 Å². The topological polar surface area (TPSA) is 99.7 Å². The highest BCUT2D eigenvalue weighted by Gasteiger charge is 2.09. The van der Waals surface area contributed by atoms with E-state index in [2.05, 4.69) is 15.8 Å². The second kappa shape index (κ2) is 6.48. The largest absolute Gasteiger partial charge is 0.409 e. The second-order valence-electron chi connectivity index (χ2n) is 4.16. The van der Waals surface area contributed by atoms with Gasteiger partial charge in [-0.15, -0.1) is 0 Å². The number of aryl methyl sites for hydroxylation is 1. The average Bonchev–Trinajstić information content (AvgIpc) is 2.31. The van der Waals surface area contributed by atoms with E-state index in [1.807, 2.05) is 31.2 Å². The number of nitrogens with one attached hydrogen (secondary N) is 2. The van der Waals surface area contributed by atoms with E-state index in [1.165, 1.54) is 0 Å². The van der Waals surface area contributed by atoms with Crippen LogP contribution < -0.4 is 16.4 Å². The summed E-state index contributed by atoms with van der Waals surface area (Å²) in [5.74, 6) is 0.0816. The van der Waals surface area contributed by atoms with Gasteiger partial charge in [-0.2, -0.15) is 0 Å². The molecule has 0 heterocycles. The molecule has 1 unspecified atom stereocenters. The number of benzene rings is 1. The molecule has 98 valence electrons. The molecule has 0 spiro atoms. The first-order valence-corrected chi connectivity index (χ1v) is 5.62. The molecule has 18 heavy (non-hydrogen) atoms. The summed E-state index contributed by atoms with van der Waals surface area (Å²) in [4.78, 5) is 11.6. The summed E-state index contributed by atoms with van der Waals surface area (Å²) >= 11 is 0. The van der Waals surface area contributed by atoms with Crippen LogP contribution in [0.25, 0.3) is 0 Å². The van der Waals surface area contributed by atoms with Gasteiger partial charge in [-0.25, -0.2) is 4.79 Å². The van der Waals surface area contributed by atoms with Gasteiger partial charge in [-0.3, -0.25) is 0 Å². The fraction of sp³-hybridized carbons (Fsp3) is 0.333. The zero-order chi connectivity index (χ0) is 13.5. The van der Waals surface area contributed by atoms with Gasteiger partial charge in [0.15, 0.2) is 0 Å². The maximum Gasteiger partial charge on any atom is 0.319 e. The van der Waals surface area contributed by atoms with Gasteiger partial charge in [-0.1, -0.05) is 22.9 Å². The van der Waals surface area contributed by atoms with E-state index in [1.54, 1.807) is 6.92 Å². The number of amides is 2. The fourth-order valence-corrected chi connectivity index (χ4v) is 1.43. The highest BCUT2D eigenvalue weighted by atomic mass is 16.4. The molecular weight excluding hydrogens is 232 g/mol. The number of nitrogens with two attached hydrogens (primary N) is 1. The average molecular weight is 250 g/mol. The maximum atomic E-state index is 11.6. The van der Waals surface area contributed by atoms with E-state index in [0.29, 0.717) is 5.69 Å². The molecule has 1 atom stereocenters. The molecule has 1 rings (SSSR count). The summed E-state index contributed by atoms with van der Waals surface area (Å²) < 4.78 is 0. The van der Waals surface area contributed by atoms with E-state index in [-0.39, 0.29) is 24.3 Å². The molecule has 6 nitrogen and oxygen atoms in total. The zero-order valence-electron chi connectivity index (χ0n) is 10.5. The van der Waals surface area contributed by atoms with Crippen molar-refractivity contribution >= 4 is 17.6 Å². The summed E-state index contributed by atoms with van der Waals surface area (Å²) in [6, 6.07) is 6.93. The number of urea groups is 1. The molecule has 0 aromatic heterocycles. The van der Waals surface area contributed by atoms with Crippen molar-refractivity contribution < 1.29 is 10.0 Å². The van der Waals surface area contributed by atoms with Crippen molar-refractivity contribution in [1.29, 1.82) is 0 Å². The Morgan fingerprint density at radius 2 is 2.06 bits per heavy atom. The summed E-state index contributed by atoms with van der Waals surface area (Å²) in [6.07, 6.45) is 0.290. The minimum absolute atomic E-state index is 0.0816. The molecule has 0 aliphatic carbocycles. The second-order valence-corrected chi connectivity index (χ2v) is 4.16. The molecule has 1 aromatic carbocycles. The molecule has 5 N–H and O–H groups in total. The van der Waals surface area contributed by atoms with Gasteiger partial charge in [0.1, 0.15) is 5.84 Å². The van der Waals surface area contributed by atoms with E-state index in [9.17, 15) is 4.79 Å². The minimum Gasteiger partial charge on any atom is -0.409 e. The molecule has 0 aliphatic rings. The van der Waals surface area contributed by atoms with Crippen LogP contribution in [-0.2, 0) is 0 Å². The van der Waals surface area contributed by atoms with Crippen LogP contribution in [0.15, 0.2) is 29.4 Å². The van der Waals surface area contributed by atoms with Crippen LogP contribution in [0.2, 0.25) is 0 Å². The summed E-state index contributed by atoms with van der Waals surface area (Å²) in [5, 5.41) is 16.7. The van der Waals surface area contributed by atoms with Crippen LogP contribution in [0.1, 0.15) is 18.9 Å². The van der Waals surface area contributed by atoms with Gasteiger partial charge < -0.3 is 21.6 Å². The Labute approximate surface area is 106 Å². The maximum absolute atomic E-state index is 11.6. The number of hydrogen-bond acceptors (Lipinski definition) is 3.